The van der Waals surface area contributed by atoms with E-state index < -0.39 is 24.9 Å². The number of hydrogen-bond acceptors (Lipinski definition) is 3. The molecule has 0 radical (unpaired) electrons. The number of alkyl halides is 2. The highest BCUT2D eigenvalue weighted by molar-refractivity contribution is 9.10. The summed E-state index contributed by atoms with van der Waals surface area (Å²) in [4.78, 5) is 12.9. The van der Waals surface area contributed by atoms with Gasteiger partial charge in [0, 0.05) is 23.2 Å². The van der Waals surface area contributed by atoms with E-state index in [2.05, 4.69) is 31.9 Å². The number of nitrogens with one attached hydrogen (secondary N) is 3. The number of fused-ring (bicyclic) bond motifs is 2. The number of carbonyl (C=O) groups excluding carboxylic acids is 1. The molecule has 1 heterocycles. The molecule has 3 N–H and O–H groups in total. The summed E-state index contributed by atoms with van der Waals surface area (Å²) in [6.45, 7) is 0.911. The van der Waals surface area contributed by atoms with E-state index in [0.29, 0.717) is 0 Å². The lowest BCUT2D eigenvalue weighted by Crippen LogP contribution is -2.36. The Labute approximate surface area is 175 Å². The van der Waals surface area contributed by atoms with Crippen molar-refractivity contribution < 1.29 is 13.6 Å². The lowest BCUT2D eigenvalue weighted by Gasteiger charge is -2.22. The highest BCUT2D eigenvalue weighted by Crippen LogP contribution is 2.32. The molecule has 7 heteroatoms. The molecule has 0 aliphatic carbocycles. The molecule has 3 aromatic carbocycles. The van der Waals surface area contributed by atoms with Gasteiger partial charge in [0.05, 0.1) is 6.54 Å². The first-order valence-electron chi connectivity index (χ1n) is 9.34. The number of rotatable bonds is 6. The molecule has 1 aliphatic rings. The predicted molar refractivity (Wildman–Crippen MR) is 114 cm³/mol. The molecule has 0 fully saturated rings. The first-order valence-corrected chi connectivity index (χ1v) is 10.1. The summed E-state index contributed by atoms with van der Waals surface area (Å²) in [5, 5.41) is 10.8. The Morgan fingerprint density at radius 2 is 1.86 bits per heavy atom. The number of halogens is 3. The molecule has 4 rings (SSSR count). The van der Waals surface area contributed by atoms with Crippen molar-refractivity contribution in [2.24, 2.45) is 0 Å². The van der Waals surface area contributed by atoms with Crippen molar-refractivity contribution in [1.82, 2.24) is 10.6 Å². The van der Waals surface area contributed by atoms with Gasteiger partial charge >= 0.3 is 0 Å². The van der Waals surface area contributed by atoms with Crippen LogP contribution in [-0.2, 0) is 17.9 Å². The Morgan fingerprint density at radius 1 is 1.07 bits per heavy atom. The molecular weight excluding hydrogens is 440 g/mol. The van der Waals surface area contributed by atoms with Crippen LogP contribution in [0.1, 0.15) is 22.7 Å². The Hall–Kier alpha value is -2.51. The number of benzene rings is 3. The maximum Gasteiger partial charge on any atom is 0.255 e. The van der Waals surface area contributed by atoms with Crippen LogP contribution in [-0.4, -0.2) is 18.9 Å². The van der Waals surface area contributed by atoms with E-state index in [1.54, 1.807) is 0 Å². The van der Waals surface area contributed by atoms with Crippen LogP contribution in [0.25, 0.3) is 10.8 Å². The third kappa shape index (κ3) is 4.41. The third-order valence-corrected chi connectivity index (χ3v) is 5.47. The van der Waals surface area contributed by atoms with Gasteiger partial charge in [0.2, 0.25) is 5.91 Å². The van der Waals surface area contributed by atoms with Gasteiger partial charge in [-0.2, -0.15) is 0 Å². The van der Waals surface area contributed by atoms with E-state index in [4.69, 9.17) is 0 Å². The minimum Gasteiger partial charge on any atom is -0.370 e. The van der Waals surface area contributed by atoms with Crippen LogP contribution in [0.15, 0.2) is 59.1 Å². The molecule has 29 heavy (non-hydrogen) atoms. The molecule has 0 bridgehead atoms. The van der Waals surface area contributed by atoms with Crippen LogP contribution in [0.3, 0.4) is 0 Å². The zero-order valence-corrected chi connectivity index (χ0v) is 17.1. The van der Waals surface area contributed by atoms with Crippen LogP contribution in [0.4, 0.5) is 14.5 Å². The lowest BCUT2D eigenvalue weighted by molar-refractivity contribution is -0.122. The summed E-state index contributed by atoms with van der Waals surface area (Å²) in [6, 6.07) is 16.7. The number of amides is 1. The van der Waals surface area contributed by atoms with Crippen LogP contribution >= 0.6 is 15.9 Å². The molecule has 1 amide bonds. The van der Waals surface area contributed by atoms with Crippen molar-refractivity contribution in [2.75, 3.05) is 11.9 Å². The maximum atomic E-state index is 12.9. The molecule has 0 aromatic heterocycles. The van der Waals surface area contributed by atoms with Gasteiger partial charge in [0.25, 0.3) is 6.43 Å². The van der Waals surface area contributed by atoms with Crippen LogP contribution in [0.5, 0.6) is 0 Å². The average Bonchev–Trinajstić information content (AvgIpc) is 3.17. The summed E-state index contributed by atoms with van der Waals surface area (Å²) >= 11 is 3.50. The second-order valence-electron chi connectivity index (χ2n) is 7.02. The smallest absolute Gasteiger partial charge is 0.255 e. The molecule has 1 atom stereocenters. The molecule has 1 aliphatic heterocycles. The van der Waals surface area contributed by atoms with E-state index in [1.165, 1.54) is 11.1 Å². The molecule has 0 unspecified atom stereocenters. The van der Waals surface area contributed by atoms with Crippen molar-refractivity contribution in [2.45, 2.75) is 25.6 Å². The number of anilines is 1. The van der Waals surface area contributed by atoms with Gasteiger partial charge in [-0.05, 0) is 51.7 Å². The fraction of sp³-hybridized carbons (Fsp3) is 0.227. The normalized spacial score (nSPS) is 14.1. The van der Waals surface area contributed by atoms with Crippen molar-refractivity contribution in [3.8, 4) is 0 Å². The van der Waals surface area contributed by atoms with Gasteiger partial charge in [0.15, 0.2) is 0 Å². The minimum atomic E-state index is -2.61. The molecule has 0 spiro atoms. The monoisotopic (exact) mass is 459 g/mol. The molecule has 0 saturated carbocycles. The van der Waals surface area contributed by atoms with Crippen LogP contribution < -0.4 is 16.0 Å². The topological polar surface area (TPSA) is 53.2 Å². The summed E-state index contributed by atoms with van der Waals surface area (Å²) in [7, 11) is 0. The Balaban J connectivity index is 1.74. The Morgan fingerprint density at radius 3 is 2.69 bits per heavy atom. The first kappa shape index (κ1) is 19.8. The van der Waals surface area contributed by atoms with E-state index in [-0.39, 0.29) is 0 Å². The Bertz CT molecular complexity index is 1060. The molecule has 4 nitrogen and oxygen atoms in total. The molecule has 0 saturated heterocycles. The Kier molecular flexibility index (Phi) is 5.78. The number of hydrogen-bond donors (Lipinski definition) is 3. The van der Waals surface area contributed by atoms with Crippen molar-refractivity contribution in [3.63, 3.8) is 0 Å². The lowest BCUT2D eigenvalue weighted by atomic mass is 9.97. The number of carbonyl (C=O) groups is 1. The summed E-state index contributed by atoms with van der Waals surface area (Å²) < 4.78 is 26.2. The second-order valence-corrected chi connectivity index (χ2v) is 7.93. The zero-order chi connectivity index (χ0) is 20.4. The van der Waals surface area contributed by atoms with Gasteiger partial charge in [-0.25, -0.2) is 8.78 Å². The largest absolute Gasteiger partial charge is 0.370 e. The van der Waals surface area contributed by atoms with E-state index in [1.807, 2.05) is 54.6 Å². The van der Waals surface area contributed by atoms with Crippen molar-refractivity contribution in [3.05, 3.63) is 75.8 Å². The highest BCUT2D eigenvalue weighted by atomic mass is 79.9. The maximum absolute atomic E-state index is 12.9. The average molecular weight is 460 g/mol. The van der Waals surface area contributed by atoms with Crippen LogP contribution in [0.2, 0.25) is 0 Å². The summed E-state index contributed by atoms with van der Waals surface area (Å²) in [6.07, 6.45) is -2.61. The molecule has 150 valence electrons. The fourth-order valence-corrected chi connectivity index (χ4v) is 4.15. The molecule has 3 aromatic rings. The van der Waals surface area contributed by atoms with E-state index >= 15 is 0 Å². The summed E-state index contributed by atoms with van der Waals surface area (Å²) in [5.74, 6) is -0.493. The van der Waals surface area contributed by atoms with Crippen molar-refractivity contribution in [1.29, 1.82) is 0 Å². The summed E-state index contributed by atoms with van der Waals surface area (Å²) in [5.41, 5.74) is 3.89. The van der Waals surface area contributed by atoms with Gasteiger partial charge in [-0.3, -0.25) is 4.79 Å². The van der Waals surface area contributed by atoms with Crippen LogP contribution in [0, 0.1) is 0 Å². The van der Waals surface area contributed by atoms with E-state index in [0.717, 1.165) is 39.6 Å². The zero-order valence-electron chi connectivity index (χ0n) is 15.5. The predicted octanol–water partition coefficient (Wildman–Crippen LogP) is 4.74. The minimum absolute atomic E-state index is 0.493. The van der Waals surface area contributed by atoms with Gasteiger partial charge < -0.3 is 16.0 Å². The molecular formula is C22H20BrF2N3O. The highest BCUT2D eigenvalue weighted by Gasteiger charge is 2.24. The standard InChI is InChI=1S/C22H20BrF2N3O/c23-16-7-13-3-1-2-4-18(13)19(9-16)21(22(29)27-12-20(24)25)28-17-6-5-14-10-26-11-15(14)8-17/h1-9,20-21,26,28H,10-12H2,(H,27,29)/t21-/m1/s1. The van der Waals surface area contributed by atoms with Gasteiger partial charge in [0.1, 0.15) is 6.04 Å². The van der Waals surface area contributed by atoms with E-state index in [9.17, 15) is 13.6 Å². The second kappa shape index (κ2) is 8.47. The van der Waals surface area contributed by atoms with Crippen molar-refractivity contribution >= 4 is 38.3 Å². The SMILES string of the molecule is O=C(NCC(F)F)[C@H](Nc1ccc2c(c1)CNC2)c1cc(Br)cc2ccccc12. The fourth-order valence-electron chi connectivity index (χ4n) is 3.66. The quantitative estimate of drug-likeness (QED) is 0.498. The van der Waals surface area contributed by atoms with Gasteiger partial charge in [-0.1, -0.05) is 46.3 Å². The first-order chi connectivity index (χ1) is 14.0. The van der Waals surface area contributed by atoms with Gasteiger partial charge in [-0.15, -0.1) is 0 Å². The third-order valence-electron chi connectivity index (χ3n) is 5.01.